The quantitative estimate of drug-likeness (QED) is 0.199. The van der Waals surface area contributed by atoms with E-state index >= 15 is 0 Å². The van der Waals surface area contributed by atoms with Crippen LogP contribution >= 0.6 is 0 Å². The zero-order chi connectivity index (χ0) is 29.6. The molecule has 0 spiro atoms. The minimum Gasteiger partial charge on any atom is -0.264 e. The maximum Gasteiger partial charge on any atom is 0.0303 e. The van der Waals surface area contributed by atoms with Crippen LogP contribution in [0, 0.1) is 13.8 Å². The molecular formula is C42H30N2. The van der Waals surface area contributed by atoms with Gasteiger partial charge in [0.2, 0.25) is 0 Å². The second-order valence-corrected chi connectivity index (χ2v) is 11.5. The average Bonchev–Trinajstić information content (AvgIpc) is 3.08. The van der Waals surface area contributed by atoms with Crippen LogP contribution in [0.1, 0.15) is 11.1 Å². The van der Waals surface area contributed by atoms with Gasteiger partial charge < -0.3 is 0 Å². The topological polar surface area (TPSA) is 25.8 Å². The molecule has 0 saturated heterocycles. The average molecular weight is 563 g/mol. The van der Waals surface area contributed by atoms with Crippen LogP contribution in [0.2, 0.25) is 0 Å². The van der Waals surface area contributed by atoms with Crippen LogP contribution in [0.25, 0.3) is 76.8 Å². The Kier molecular flexibility index (Phi) is 6.27. The molecule has 0 unspecified atom stereocenters. The van der Waals surface area contributed by atoms with Crippen LogP contribution in [-0.4, -0.2) is 9.97 Å². The first kappa shape index (κ1) is 26.1. The fourth-order valence-electron chi connectivity index (χ4n) is 6.87. The summed E-state index contributed by atoms with van der Waals surface area (Å²) < 4.78 is 0. The largest absolute Gasteiger partial charge is 0.264 e. The fraction of sp³-hybridized carbons (Fsp3) is 0.0476. The number of hydrogen-bond donors (Lipinski definition) is 0. The third-order valence-electron chi connectivity index (χ3n) is 8.94. The molecule has 6 aromatic carbocycles. The molecule has 208 valence electrons. The SMILES string of the molecule is Cc1cnccc1-c1ccc(-c2c3ccccc3c(-c3ccc(-c4ccncc4C)c4ccccc34)c3ccccc23)cc1. The molecular weight excluding hydrogens is 532 g/mol. The van der Waals surface area contributed by atoms with Gasteiger partial charge in [0, 0.05) is 24.8 Å². The van der Waals surface area contributed by atoms with Crippen molar-refractivity contribution in [1.82, 2.24) is 9.97 Å². The Morgan fingerprint density at radius 3 is 1.32 bits per heavy atom. The van der Waals surface area contributed by atoms with Crippen molar-refractivity contribution in [3.8, 4) is 44.5 Å². The highest BCUT2D eigenvalue weighted by molar-refractivity contribution is 6.24. The van der Waals surface area contributed by atoms with Crippen molar-refractivity contribution >= 4 is 32.3 Å². The lowest BCUT2D eigenvalue weighted by Crippen LogP contribution is -1.93. The van der Waals surface area contributed by atoms with Crippen LogP contribution in [0.15, 0.2) is 146 Å². The molecule has 44 heavy (non-hydrogen) atoms. The summed E-state index contributed by atoms with van der Waals surface area (Å²) in [6, 6.07) is 44.4. The van der Waals surface area contributed by atoms with E-state index in [9.17, 15) is 0 Å². The minimum atomic E-state index is 1.18. The maximum absolute atomic E-state index is 4.34. The summed E-state index contributed by atoms with van der Waals surface area (Å²) in [5.41, 5.74) is 12.2. The van der Waals surface area contributed by atoms with Crippen molar-refractivity contribution in [2.24, 2.45) is 0 Å². The second-order valence-electron chi connectivity index (χ2n) is 11.5. The van der Waals surface area contributed by atoms with Gasteiger partial charge >= 0.3 is 0 Å². The van der Waals surface area contributed by atoms with Gasteiger partial charge in [0.25, 0.3) is 0 Å². The molecule has 0 fully saturated rings. The summed E-state index contributed by atoms with van der Waals surface area (Å²) >= 11 is 0. The Morgan fingerprint density at radius 1 is 0.341 bits per heavy atom. The standard InChI is InChI=1S/C42H30N2/c1-27-25-43-23-21-31(27)29-15-17-30(18-16-29)41-36-11-5-7-13-38(36)42(39-14-8-6-12-37(39)41)40-20-19-35(32-22-24-44-26-28(32)2)33-9-3-4-10-34(33)40/h3-26H,1-2H3. The van der Waals surface area contributed by atoms with E-state index in [4.69, 9.17) is 0 Å². The number of pyridine rings is 2. The lowest BCUT2D eigenvalue weighted by atomic mass is 9.83. The number of nitrogens with zero attached hydrogens (tertiary/aromatic N) is 2. The second kappa shape index (κ2) is 10.6. The fourth-order valence-corrected chi connectivity index (χ4v) is 6.87. The molecule has 0 aliphatic carbocycles. The number of fused-ring (bicyclic) bond motifs is 3. The minimum absolute atomic E-state index is 1.18. The predicted octanol–water partition coefficient (Wildman–Crippen LogP) is 11.2. The van der Waals surface area contributed by atoms with Crippen LogP contribution < -0.4 is 0 Å². The van der Waals surface area contributed by atoms with E-state index in [1.807, 2.05) is 24.8 Å². The van der Waals surface area contributed by atoms with Gasteiger partial charge in [-0.05, 0) is 114 Å². The highest BCUT2D eigenvalue weighted by atomic mass is 14.6. The number of aromatic nitrogens is 2. The molecule has 0 radical (unpaired) electrons. The summed E-state index contributed by atoms with van der Waals surface area (Å²) in [7, 11) is 0. The van der Waals surface area contributed by atoms with E-state index in [0.717, 1.165) is 0 Å². The molecule has 0 atom stereocenters. The number of benzene rings is 6. The first-order valence-electron chi connectivity index (χ1n) is 15.1. The summed E-state index contributed by atoms with van der Waals surface area (Å²) in [6.07, 6.45) is 7.62. The zero-order valence-corrected chi connectivity index (χ0v) is 24.8. The Bertz CT molecular complexity index is 2290. The van der Waals surface area contributed by atoms with Crippen molar-refractivity contribution in [1.29, 1.82) is 0 Å². The zero-order valence-electron chi connectivity index (χ0n) is 24.8. The normalized spacial score (nSPS) is 11.4. The van der Waals surface area contributed by atoms with Crippen molar-refractivity contribution in [2.45, 2.75) is 13.8 Å². The van der Waals surface area contributed by atoms with E-state index < -0.39 is 0 Å². The molecule has 0 bridgehead atoms. The van der Waals surface area contributed by atoms with Gasteiger partial charge in [-0.3, -0.25) is 9.97 Å². The molecule has 8 rings (SSSR count). The molecule has 2 heteroatoms. The van der Waals surface area contributed by atoms with Gasteiger partial charge in [0.05, 0.1) is 0 Å². The van der Waals surface area contributed by atoms with Crippen molar-refractivity contribution in [2.75, 3.05) is 0 Å². The number of rotatable bonds is 4. The molecule has 8 aromatic rings. The molecule has 0 aliphatic heterocycles. The maximum atomic E-state index is 4.34. The smallest absolute Gasteiger partial charge is 0.0303 e. The monoisotopic (exact) mass is 562 g/mol. The Hall–Kier alpha value is -5.60. The van der Waals surface area contributed by atoms with Crippen LogP contribution in [-0.2, 0) is 0 Å². The Labute approximate surface area is 257 Å². The van der Waals surface area contributed by atoms with Crippen molar-refractivity contribution in [3.63, 3.8) is 0 Å². The summed E-state index contributed by atoms with van der Waals surface area (Å²) in [4.78, 5) is 8.62. The van der Waals surface area contributed by atoms with E-state index in [0.29, 0.717) is 0 Å². The van der Waals surface area contributed by atoms with Gasteiger partial charge in [-0.1, -0.05) is 109 Å². The summed E-state index contributed by atoms with van der Waals surface area (Å²) in [6.45, 7) is 4.25. The highest BCUT2D eigenvalue weighted by Crippen LogP contribution is 2.46. The van der Waals surface area contributed by atoms with E-state index in [2.05, 4.69) is 145 Å². The Balaban J connectivity index is 1.40. The van der Waals surface area contributed by atoms with Gasteiger partial charge in [-0.15, -0.1) is 0 Å². The van der Waals surface area contributed by atoms with Gasteiger partial charge in [-0.25, -0.2) is 0 Å². The summed E-state index contributed by atoms with van der Waals surface area (Å²) in [5, 5.41) is 7.53. The van der Waals surface area contributed by atoms with Crippen molar-refractivity contribution < 1.29 is 0 Å². The molecule has 2 heterocycles. The van der Waals surface area contributed by atoms with Crippen LogP contribution in [0.3, 0.4) is 0 Å². The van der Waals surface area contributed by atoms with E-state index in [1.165, 1.54) is 88.0 Å². The van der Waals surface area contributed by atoms with Crippen LogP contribution in [0.5, 0.6) is 0 Å². The molecule has 2 nitrogen and oxygen atoms in total. The van der Waals surface area contributed by atoms with Crippen molar-refractivity contribution in [3.05, 3.63) is 157 Å². The molecule has 0 N–H and O–H groups in total. The molecule has 0 aliphatic rings. The lowest BCUT2D eigenvalue weighted by molar-refractivity contribution is 1.27. The lowest BCUT2D eigenvalue weighted by Gasteiger charge is -2.20. The number of hydrogen-bond acceptors (Lipinski definition) is 2. The first-order valence-corrected chi connectivity index (χ1v) is 15.1. The van der Waals surface area contributed by atoms with Gasteiger partial charge in [-0.2, -0.15) is 0 Å². The Morgan fingerprint density at radius 2 is 0.773 bits per heavy atom. The third-order valence-corrected chi connectivity index (χ3v) is 8.94. The molecule has 0 amide bonds. The number of aryl methyl sites for hydroxylation is 2. The first-order chi connectivity index (χ1) is 21.7. The van der Waals surface area contributed by atoms with Gasteiger partial charge in [0.1, 0.15) is 0 Å². The van der Waals surface area contributed by atoms with Gasteiger partial charge in [0.15, 0.2) is 0 Å². The molecule has 2 aromatic heterocycles. The van der Waals surface area contributed by atoms with E-state index in [1.54, 1.807) is 0 Å². The molecule has 0 saturated carbocycles. The summed E-state index contributed by atoms with van der Waals surface area (Å²) in [5.74, 6) is 0. The van der Waals surface area contributed by atoms with E-state index in [-0.39, 0.29) is 0 Å². The third kappa shape index (κ3) is 4.19. The van der Waals surface area contributed by atoms with Crippen LogP contribution in [0.4, 0.5) is 0 Å². The highest BCUT2D eigenvalue weighted by Gasteiger charge is 2.19. The predicted molar refractivity (Wildman–Crippen MR) is 186 cm³/mol.